The van der Waals surface area contributed by atoms with Crippen molar-refractivity contribution in [2.75, 3.05) is 25.0 Å². The number of nitrogens with one attached hydrogen (secondary N) is 2. The Kier molecular flexibility index (Phi) is 4.67. The van der Waals surface area contributed by atoms with E-state index >= 15 is 0 Å². The van der Waals surface area contributed by atoms with E-state index in [1.165, 1.54) is 17.3 Å². The number of aliphatic hydroxyl groups excluding tert-OH is 1. The van der Waals surface area contributed by atoms with Gasteiger partial charge in [-0.3, -0.25) is 14.5 Å². The Balaban J connectivity index is 1.15. The van der Waals surface area contributed by atoms with Gasteiger partial charge in [-0.05, 0) is 23.6 Å². The molecule has 0 radical (unpaired) electrons. The highest BCUT2D eigenvalue weighted by atomic mass is 16.5. The van der Waals surface area contributed by atoms with E-state index in [0.29, 0.717) is 36.5 Å². The van der Waals surface area contributed by atoms with Gasteiger partial charge in [-0.1, -0.05) is 24.3 Å². The third kappa shape index (κ3) is 3.64. The molecule has 30 heavy (non-hydrogen) atoms. The highest BCUT2D eigenvalue weighted by molar-refractivity contribution is 6.03. The number of fused-ring (bicyclic) bond motifs is 2. The summed E-state index contributed by atoms with van der Waals surface area (Å²) in [4.78, 5) is 31.0. The van der Waals surface area contributed by atoms with Gasteiger partial charge in [0, 0.05) is 45.2 Å². The number of amides is 2. The van der Waals surface area contributed by atoms with Gasteiger partial charge in [0.05, 0.1) is 11.7 Å². The van der Waals surface area contributed by atoms with Gasteiger partial charge in [0.1, 0.15) is 5.69 Å². The lowest BCUT2D eigenvalue weighted by molar-refractivity contribution is -0.125. The molecule has 0 saturated heterocycles. The number of benzene rings is 1. The number of aromatic nitrogens is 1. The van der Waals surface area contributed by atoms with Crippen molar-refractivity contribution < 1.29 is 19.4 Å². The molecule has 0 bridgehead atoms. The fraction of sp³-hybridized carbons (Fsp3) is 0.409. The van der Waals surface area contributed by atoms with E-state index in [4.69, 9.17) is 4.74 Å². The first-order valence-electron chi connectivity index (χ1n) is 10.3. The minimum absolute atomic E-state index is 0.139. The zero-order chi connectivity index (χ0) is 20.7. The van der Waals surface area contributed by atoms with Gasteiger partial charge in [0.25, 0.3) is 11.8 Å². The number of anilines is 1. The molecular weight excluding hydrogens is 384 g/mol. The second kappa shape index (κ2) is 7.37. The molecule has 3 N–H and O–H groups in total. The molecule has 3 heterocycles. The summed E-state index contributed by atoms with van der Waals surface area (Å²) in [7, 11) is 0. The van der Waals surface area contributed by atoms with E-state index in [-0.39, 0.29) is 18.4 Å². The van der Waals surface area contributed by atoms with E-state index in [1.807, 2.05) is 6.07 Å². The number of carbonyl (C=O) groups excluding carboxylic acids is 2. The molecule has 2 aliphatic heterocycles. The summed E-state index contributed by atoms with van der Waals surface area (Å²) < 4.78 is 5.68. The lowest BCUT2D eigenvalue weighted by atomic mass is 10.00. The first-order chi connectivity index (χ1) is 14.5. The van der Waals surface area contributed by atoms with Gasteiger partial charge < -0.3 is 20.5 Å². The highest BCUT2D eigenvalue weighted by Gasteiger charge is 2.55. The number of β-amino-alcohol motifs (C(OH)–C–C–N with tert-alkyl or cyclic N) is 1. The van der Waals surface area contributed by atoms with Gasteiger partial charge in [-0.25, -0.2) is 4.98 Å². The summed E-state index contributed by atoms with van der Waals surface area (Å²) >= 11 is 0. The first kappa shape index (κ1) is 19.0. The molecular formula is C22H24N4O4. The number of ether oxygens (including phenoxy) is 1. The van der Waals surface area contributed by atoms with Crippen molar-refractivity contribution in [1.82, 2.24) is 15.2 Å². The molecule has 156 valence electrons. The second-order valence-electron chi connectivity index (χ2n) is 8.24. The van der Waals surface area contributed by atoms with Crippen LogP contribution in [0, 0.1) is 0 Å². The zero-order valence-electron chi connectivity index (χ0n) is 16.6. The SMILES string of the molecule is O=C(NCC(O)CN1CCc2ccccc2C1)c1cnc2c(c1)NC(=O)C1(CC1)O2. The van der Waals surface area contributed by atoms with Crippen molar-refractivity contribution in [3.8, 4) is 5.88 Å². The maximum absolute atomic E-state index is 12.5. The largest absolute Gasteiger partial charge is 0.459 e. The molecule has 1 aromatic heterocycles. The molecule has 8 nitrogen and oxygen atoms in total. The van der Waals surface area contributed by atoms with E-state index in [9.17, 15) is 14.7 Å². The van der Waals surface area contributed by atoms with E-state index in [2.05, 4.69) is 38.7 Å². The van der Waals surface area contributed by atoms with Crippen molar-refractivity contribution in [2.24, 2.45) is 0 Å². The molecule has 8 heteroatoms. The quantitative estimate of drug-likeness (QED) is 0.684. The topological polar surface area (TPSA) is 104 Å². The monoisotopic (exact) mass is 408 g/mol. The molecule has 5 rings (SSSR count). The smallest absolute Gasteiger partial charge is 0.268 e. The predicted octanol–water partition coefficient (Wildman–Crippen LogP) is 1.09. The number of nitrogens with zero attached hydrogens (tertiary/aromatic N) is 2. The van der Waals surface area contributed by atoms with Crippen LogP contribution in [0.25, 0.3) is 0 Å². The maximum atomic E-state index is 12.5. The van der Waals surface area contributed by atoms with Crippen LogP contribution in [0.15, 0.2) is 36.5 Å². The highest BCUT2D eigenvalue weighted by Crippen LogP contribution is 2.45. The summed E-state index contributed by atoms with van der Waals surface area (Å²) in [5, 5.41) is 15.9. The molecule has 3 aliphatic rings. The van der Waals surface area contributed by atoms with Gasteiger partial charge in [-0.2, -0.15) is 0 Å². The Morgan fingerprint density at radius 3 is 2.93 bits per heavy atom. The Bertz CT molecular complexity index is 1000. The molecule has 2 aromatic rings. The summed E-state index contributed by atoms with van der Waals surface area (Å²) in [6.45, 7) is 2.32. The van der Waals surface area contributed by atoms with Crippen LogP contribution in [0.4, 0.5) is 5.69 Å². The molecule has 1 fully saturated rings. The lowest BCUT2D eigenvalue weighted by Crippen LogP contribution is -2.42. The lowest BCUT2D eigenvalue weighted by Gasteiger charge is -2.30. The Morgan fingerprint density at radius 1 is 1.33 bits per heavy atom. The van der Waals surface area contributed by atoms with Gasteiger partial charge in [0.15, 0.2) is 5.60 Å². The molecule has 1 saturated carbocycles. The Hall–Kier alpha value is -2.97. The van der Waals surface area contributed by atoms with Crippen LogP contribution in [0.1, 0.15) is 34.3 Å². The average molecular weight is 408 g/mol. The van der Waals surface area contributed by atoms with Gasteiger partial charge in [-0.15, -0.1) is 0 Å². The summed E-state index contributed by atoms with van der Waals surface area (Å²) in [5.41, 5.74) is 2.60. The second-order valence-corrected chi connectivity index (χ2v) is 8.24. The van der Waals surface area contributed by atoms with E-state index in [0.717, 1.165) is 19.5 Å². The normalized spacial score (nSPS) is 19.8. The fourth-order valence-corrected chi connectivity index (χ4v) is 4.04. The van der Waals surface area contributed by atoms with Crippen LogP contribution in [0.3, 0.4) is 0 Å². The van der Waals surface area contributed by atoms with Gasteiger partial charge >= 0.3 is 0 Å². The van der Waals surface area contributed by atoms with Crippen LogP contribution in [0.5, 0.6) is 5.88 Å². The van der Waals surface area contributed by atoms with Crippen molar-refractivity contribution in [3.05, 3.63) is 53.2 Å². The molecule has 1 spiro atoms. The average Bonchev–Trinajstić information content (AvgIpc) is 3.53. The summed E-state index contributed by atoms with van der Waals surface area (Å²) in [5.74, 6) is -0.198. The molecule has 1 atom stereocenters. The fourth-order valence-electron chi connectivity index (χ4n) is 4.04. The van der Waals surface area contributed by atoms with Gasteiger partial charge in [0.2, 0.25) is 5.88 Å². The molecule has 2 amide bonds. The first-order valence-corrected chi connectivity index (χ1v) is 10.3. The van der Waals surface area contributed by atoms with Crippen LogP contribution in [-0.4, -0.2) is 58.1 Å². The number of rotatable bonds is 5. The standard InChI is InChI=1S/C22H24N4O4/c27-17(13-26-8-5-14-3-1-2-4-15(14)12-26)11-23-19(28)16-9-18-20(24-10-16)30-22(6-7-22)21(29)25-18/h1-4,9-10,17,27H,5-8,11-13H2,(H,23,28)(H,25,29). The minimum Gasteiger partial charge on any atom is -0.459 e. The van der Waals surface area contributed by atoms with Crippen molar-refractivity contribution >= 4 is 17.5 Å². The third-order valence-corrected chi connectivity index (χ3v) is 5.95. The molecule has 1 unspecified atom stereocenters. The van der Waals surface area contributed by atoms with Crippen LogP contribution < -0.4 is 15.4 Å². The number of pyridine rings is 1. The Morgan fingerprint density at radius 2 is 2.13 bits per heavy atom. The summed E-state index contributed by atoms with van der Waals surface area (Å²) in [6.07, 6.45) is 3.08. The van der Waals surface area contributed by atoms with Crippen molar-refractivity contribution in [2.45, 2.75) is 37.5 Å². The predicted molar refractivity (Wildman–Crippen MR) is 109 cm³/mol. The molecule has 1 aromatic carbocycles. The number of aliphatic hydroxyl groups is 1. The maximum Gasteiger partial charge on any atom is 0.268 e. The van der Waals surface area contributed by atoms with E-state index < -0.39 is 11.7 Å². The van der Waals surface area contributed by atoms with Crippen LogP contribution in [0.2, 0.25) is 0 Å². The van der Waals surface area contributed by atoms with E-state index in [1.54, 1.807) is 6.07 Å². The third-order valence-electron chi connectivity index (χ3n) is 5.95. The molecule has 1 aliphatic carbocycles. The Labute approximate surface area is 174 Å². The number of hydrogen-bond acceptors (Lipinski definition) is 6. The van der Waals surface area contributed by atoms with Crippen LogP contribution >= 0.6 is 0 Å². The zero-order valence-corrected chi connectivity index (χ0v) is 16.6. The number of carbonyl (C=O) groups is 2. The summed E-state index contributed by atoms with van der Waals surface area (Å²) in [6, 6.07) is 9.90. The van der Waals surface area contributed by atoms with Crippen molar-refractivity contribution in [1.29, 1.82) is 0 Å². The van der Waals surface area contributed by atoms with Crippen LogP contribution in [-0.2, 0) is 17.8 Å². The minimum atomic E-state index is -0.761. The number of hydrogen-bond donors (Lipinski definition) is 3. The van der Waals surface area contributed by atoms with Crippen molar-refractivity contribution in [3.63, 3.8) is 0 Å².